The van der Waals surface area contributed by atoms with E-state index in [9.17, 15) is 9.00 Å². The second-order valence-corrected chi connectivity index (χ2v) is 6.33. The van der Waals surface area contributed by atoms with Gasteiger partial charge in [0, 0.05) is 5.69 Å². The van der Waals surface area contributed by atoms with E-state index in [0.29, 0.717) is 10.7 Å². The molecule has 1 aromatic carbocycles. The number of anilines is 1. The summed E-state index contributed by atoms with van der Waals surface area (Å²) in [4.78, 5) is 12.7. The lowest BCUT2D eigenvalue weighted by atomic mass is 10.2. The van der Waals surface area contributed by atoms with Gasteiger partial charge in [-0.15, -0.1) is 0 Å². The molecule has 0 aliphatic carbocycles. The maximum absolute atomic E-state index is 12.3. The number of para-hydroxylation sites is 1. The highest BCUT2D eigenvalue weighted by molar-refractivity contribution is 7.86. The molecule has 0 aliphatic heterocycles. The molecule has 1 amide bonds. The van der Waals surface area contributed by atoms with Crippen LogP contribution in [0.1, 0.15) is 18.2 Å². The Kier molecular flexibility index (Phi) is 4.39. The van der Waals surface area contributed by atoms with Gasteiger partial charge in [-0.2, -0.15) is 0 Å². The molecule has 2 rings (SSSR count). The predicted octanol–water partition coefficient (Wildman–Crippen LogP) is 3.03. The molecule has 20 heavy (non-hydrogen) atoms. The first-order valence-electron chi connectivity index (χ1n) is 6.32. The van der Waals surface area contributed by atoms with Crippen molar-refractivity contribution in [1.82, 2.24) is 0 Å². The minimum atomic E-state index is -1.42. The number of hydrogen-bond donors (Lipinski definition) is 1. The summed E-state index contributed by atoms with van der Waals surface area (Å²) in [6.07, 6.45) is 1.48. The SMILES string of the molecule is Cc1ccccc1NC(=O)[C@H](C)[S@@](=O)c1ccoc1C. The maximum Gasteiger partial charge on any atom is 0.240 e. The number of amides is 1. The minimum absolute atomic E-state index is 0.266. The zero-order valence-corrected chi connectivity index (χ0v) is 12.5. The molecule has 1 N–H and O–H groups in total. The fourth-order valence-corrected chi connectivity index (χ4v) is 2.97. The number of rotatable bonds is 4. The molecule has 2 atom stereocenters. The monoisotopic (exact) mass is 291 g/mol. The standard InChI is InChI=1S/C15H17NO3S/c1-10-6-4-5-7-13(10)16-15(17)12(3)20(18)14-8-9-19-11(14)2/h4-9,12H,1-3H3,(H,16,17)/t12-,20+/m0/s1. The molecule has 0 unspecified atom stereocenters. The number of nitrogens with one attached hydrogen (secondary N) is 1. The van der Waals surface area contributed by atoms with Gasteiger partial charge in [0.25, 0.3) is 0 Å². The van der Waals surface area contributed by atoms with E-state index in [2.05, 4.69) is 5.32 Å². The Balaban J connectivity index is 2.12. The third kappa shape index (κ3) is 2.99. The molecule has 5 heteroatoms. The van der Waals surface area contributed by atoms with Crippen LogP contribution in [0.5, 0.6) is 0 Å². The minimum Gasteiger partial charge on any atom is -0.468 e. The molecule has 106 valence electrons. The Labute approximate surface area is 120 Å². The number of benzene rings is 1. The largest absolute Gasteiger partial charge is 0.468 e. The summed E-state index contributed by atoms with van der Waals surface area (Å²) in [6.45, 7) is 5.30. The van der Waals surface area contributed by atoms with Crippen molar-refractivity contribution in [2.45, 2.75) is 30.9 Å². The van der Waals surface area contributed by atoms with Gasteiger partial charge < -0.3 is 9.73 Å². The van der Waals surface area contributed by atoms with Crippen molar-refractivity contribution in [2.24, 2.45) is 0 Å². The molecule has 4 nitrogen and oxygen atoms in total. The zero-order chi connectivity index (χ0) is 14.7. The molecule has 0 bridgehead atoms. The zero-order valence-electron chi connectivity index (χ0n) is 11.7. The van der Waals surface area contributed by atoms with Gasteiger partial charge in [0.2, 0.25) is 5.91 Å². The van der Waals surface area contributed by atoms with E-state index in [1.165, 1.54) is 6.26 Å². The van der Waals surface area contributed by atoms with Gasteiger partial charge in [-0.25, -0.2) is 0 Å². The van der Waals surface area contributed by atoms with E-state index in [0.717, 1.165) is 11.3 Å². The second-order valence-electron chi connectivity index (χ2n) is 4.58. The Bertz CT molecular complexity index is 648. The summed E-state index contributed by atoms with van der Waals surface area (Å²) in [5, 5.41) is 2.16. The molecule has 0 saturated heterocycles. The van der Waals surface area contributed by atoms with Crippen molar-refractivity contribution in [3.8, 4) is 0 Å². The highest BCUT2D eigenvalue weighted by atomic mass is 32.2. The summed E-state index contributed by atoms with van der Waals surface area (Å²) in [5.41, 5.74) is 1.71. The highest BCUT2D eigenvalue weighted by Crippen LogP contribution is 2.19. The fraction of sp³-hybridized carbons (Fsp3) is 0.267. The second kappa shape index (κ2) is 6.05. The molecule has 1 aromatic heterocycles. The van der Waals surface area contributed by atoms with Crippen molar-refractivity contribution >= 4 is 22.4 Å². The van der Waals surface area contributed by atoms with Gasteiger partial charge in [0.05, 0.1) is 22.0 Å². The van der Waals surface area contributed by atoms with Crippen molar-refractivity contribution in [3.05, 3.63) is 47.9 Å². The average Bonchev–Trinajstić information content (AvgIpc) is 2.86. The molecule has 0 fully saturated rings. The lowest BCUT2D eigenvalue weighted by molar-refractivity contribution is -0.115. The van der Waals surface area contributed by atoms with E-state index in [1.54, 1.807) is 19.9 Å². The van der Waals surface area contributed by atoms with E-state index in [1.807, 2.05) is 31.2 Å². The van der Waals surface area contributed by atoms with Crippen LogP contribution >= 0.6 is 0 Å². The Morgan fingerprint density at radius 2 is 1.95 bits per heavy atom. The summed E-state index contributed by atoms with van der Waals surface area (Å²) >= 11 is 0. The van der Waals surface area contributed by atoms with Crippen molar-refractivity contribution in [1.29, 1.82) is 0 Å². The van der Waals surface area contributed by atoms with Crippen LogP contribution in [-0.4, -0.2) is 15.4 Å². The van der Waals surface area contributed by atoms with E-state index in [-0.39, 0.29) is 5.91 Å². The van der Waals surface area contributed by atoms with Crippen LogP contribution < -0.4 is 5.32 Å². The molecule has 0 spiro atoms. The summed E-state index contributed by atoms with van der Waals surface area (Å²) in [7, 11) is -1.42. The van der Waals surface area contributed by atoms with E-state index in [4.69, 9.17) is 4.42 Å². The first-order valence-corrected chi connectivity index (χ1v) is 7.53. The van der Waals surface area contributed by atoms with Crippen LogP contribution in [-0.2, 0) is 15.6 Å². The average molecular weight is 291 g/mol. The summed E-state index contributed by atoms with van der Waals surface area (Å²) in [5.74, 6) is 0.317. The molecular formula is C15H17NO3S. The number of aryl methyl sites for hydroxylation is 2. The van der Waals surface area contributed by atoms with Gasteiger partial charge in [-0.3, -0.25) is 9.00 Å². The first-order chi connectivity index (χ1) is 9.50. The molecule has 2 aromatic rings. The molecule has 0 aliphatic rings. The molecule has 0 saturated carbocycles. The van der Waals surface area contributed by atoms with Crippen LogP contribution in [0.25, 0.3) is 0 Å². The third-order valence-corrected chi connectivity index (χ3v) is 4.83. The van der Waals surface area contributed by atoms with Crippen LogP contribution in [0.4, 0.5) is 5.69 Å². The van der Waals surface area contributed by atoms with Crippen LogP contribution in [0.2, 0.25) is 0 Å². The Hall–Kier alpha value is -1.88. The first kappa shape index (κ1) is 14.5. The van der Waals surface area contributed by atoms with Crippen molar-refractivity contribution in [2.75, 3.05) is 5.32 Å². The molecular weight excluding hydrogens is 274 g/mol. The molecule has 1 heterocycles. The maximum atomic E-state index is 12.3. The van der Waals surface area contributed by atoms with Crippen molar-refractivity contribution in [3.63, 3.8) is 0 Å². The van der Waals surface area contributed by atoms with Gasteiger partial charge in [0.1, 0.15) is 11.0 Å². The lowest BCUT2D eigenvalue weighted by Gasteiger charge is -2.13. The van der Waals surface area contributed by atoms with Crippen LogP contribution in [0.3, 0.4) is 0 Å². The van der Waals surface area contributed by atoms with Gasteiger partial charge >= 0.3 is 0 Å². The van der Waals surface area contributed by atoms with Crippen molar-refractivity contribution < 1.29 is 13.4 Å². The third-order valence-electron chi connectivity index (χ3n) is 3.12. The predicted molar refractivity (Wildman–Crippen MR) is 79.1 cm³/mol. The topological polar surface area (TPSA) is 59.3 Å². The van der Waals surface area contributed by atoms with Crippen LogP contribution in [0, 0.1) is 13.8 Å². The Morgan fingerprint density at radius 3 is 2.55 bits per heavy atom. The van der Waals surface area contributed by atoms with Crippen LogP contribution in [0.15, 0.2) is 45.9 Å². The van der Waals surface area contributed by atoms with E-state index < -0.39 is 16.0 Å². The summed E-state index contributed by atoms with van der Waals surface area (Å²) < 4.78 is 17.5. The van der Waals surface area contributed by atoms with Gasteiger partial charge in [-0.05, 0) is 38.5 Å². The van der Waals surface area contributed by atoms with E-state index >= 15 is 0 Å². The summed E-state index contributed by atoms with van der Waals surface area (Å²) in [6, 6.07) is 9.14. The van der Waals surface area contributed by atoms with Gasteiger partial charge in [0.15, 0.2) is 0 Å². The fourth-order valence-electron chi connectivity index (χ4n) is 1.82. The number of hydrogen-bond acceptors (Lipinski definition) is 3. The number of carbonyl (C=O) groups is 1. The highest BCUT2D eigenvalue weighted by Gasteiger charge is 2.24. The number of carbonyl (C=O) groups excluding carboxylic acids is 1. The Morgan fingerprint density at radius 1 is 1.25 bits per heavy atom. The lowest BCUT2D eigenvalue weighted by Crippen LogP contribution is -2.29. The molecule has 0 radical (unpaired) electrons. The smallest absolute Gasteiger partial charge is 0.240 e. The normalized spacial score (nSPS) is 13.8. The quantitative estimate of drug-likeness (QED) is 0.942. The van der Waals surface area contributed by atoms with Gasteiger partial charge in [-0.1, -0.05) is 18.2 Å². The number of furan rings is 1.